The first kappa shape index (κ1) is 25.6. The fourth-order valence-electron chi connectivity index (χ4n) is 0.558. The predicted octanol–water partition coefficient (Wildman–Crippen LogP) is -7.96. The van der Waals surface area contributed by atoms with Gasteiger partial charge in [-0.15, -0.1) is 0 Å². The second-order valence-corrected chi connectivity index (χ2v) is 5.28. The minimum absolute atomic E-state index is 0. The van der Waals surface area contributed by atoms with E-state index in [0.29, 0.717) is 0 Å². The van der Waals surface area contributed by atoms with Crippen molar-refractivity contribution in [3.05, 3.63) is 0 Å². The fraction of sp³-hybridized carbons (Fsp3) is 1.00. The number of hydrogen-bond acceptors (Lipinski definition) is 6. The molecule has 0 aliphatic rings. The molecule has 15 heavy (non-hydrogen) atoms. The van der Waals surface area contributed by atoms with Crippen LogP contribution in [-0.4, -0.2) is 42.9 Å². The maximum absolute atomic E-state index is 9.97. The number of hydrogen-bond donors (Lipinski definition) is 0. The molecule has 0 rings (SSSR count). The molecule has 0 saturated heterocycles. The van der Waals surface area contributed by atoms with E-state index < -0.39 is 31.7 Å². The van der Waals surface area contributed by atoms with Crippen molar-refractivity contribution in [1.82, 2.24) is 0 Å². The molecule has 11 heteroatoms. The van der Waals surface area contributed by atoms with E-state index in [2.05, 4.69) is 0 Å². The van der Waals surface area contributed by atoms with Gasteiger partial charge in [0.1, 0.15) is 0 Å². The van der Waals surface area contributed by atoms with E-state index in [4.69, 9.17) is 0 Å². The Labute approximate surface area is 133 Å². The minimum atomic E-state index is -4.29. The number of unbranched alkanes of at least 4 members (excludes halogenated alkanes) is 1. The van der Waals surface area contributed by atoms with Crippen LogP contribution in [0.2, 0.25) is 0 Å². The Kier molecular flexibility index (Phi) is 18.6. The summed E-state index contributed by atoms with van der Waals surface area (Å²) in [4.78, 5) is 0. The minimum Gasteiger partial charge on any atom is -0.748 e. The van der Waals surface area contributed by atoms with Gasteiger partial charge in [0.25, 0.3) is 0 Å². The summed E-state index contributed by atoms with van der Waals surface area (Å²) in [6.45, 7) is 0. The SMILES string of the molecule is O.O=S(=O)([O-])CCCCS(=O)(=O)[O-].[Na+].[Na+]. The first-order valence-electron chi connectivity index (χ1n) is 3.08. The molecule has 2 N–H and O–H groups in total. The summed E-state index contributed by atoms with van der Waals surface area (Å²) in [7, 11) is -8.58. The summed E-state index contributed by atoms with van der Waals surface area (Å²) in [5, 5.41) is 0. The Morgan fingerprint density at radius 3 is 1.07 bits per heavy atom. The second-order valence-electron chi connectivity index (χ2n) is 2.23. The molecule has 82 valence electrons. The van der Waals surface area contributed by atoms with Gasteiger partial charge in [0.05, 0.1) is 20.2 Å². The van der Waals surface area contributed by atoms with Gasteiger partial charge in [-0.25, -0.2) is 16.8 Å². The third-order valence-corrected chi connectivity index (χ3v) is 2.62. The largest absolute Gasteiger partial charge is 1.00 e. The van der Waals surface area contributed by atoms with Crippen LogP contribution in [0.1, 0.15) is 12.8 Å². The third kappa shape index (κ3) is 25.8. The van der Waals surface area contributed by atoms with E-state index in [-0.39, 0.29) is 77.4 Å². The van der Waals surface area contributed by atoms with E-state index in [1.165, 1.54) is 0 Å². The zero-order valence-corrected chi connectivity index (χ0v) is 14.2. The summed E-state index contributed by atoms with van der Waals surface area (Å²) < 4.78 is 59.8. The van der Waals surface area contributed by atoms with Crippen LogP contribution in [0, 0.1) is 0 Å². The summed E-state index contributed by atoms with van der Waals surface area (Å²) in [5.74, 6) is -1.24. The molecule has 0 atom stereocenters. The zero-order chi connectivity index (χ0) is 9.83. The molecule has 0 amide bonds. The average Bonchev–Trinajstić information content (AvgIpc) is 1.76. The van der Waals surface area contributed by atoms with Crippen LogP contribution in [0.3, 0.4) is 0 Å². The molecule has 0 unspecified atom stereocenters. The topological polar surface area (TPSA) is 146 Å². The molecule has 0 aromatic rings. The first-order valence-corrected chi connectivity index (χ1v) is 6.23. The van der Waals surface area contributed by atoms with Crippen molar-refractivity contribution in [3.63, 3.8) is 0 Å². The van der Waals surface area contributed by atoms with Gasteiger partial charge in [0.15, 0.2) is 0 Å². The van der Waals surface area contributed by atoms with Crippen molar-refractivity contribution in [2.24, 2.45) is 0 Å². The molecular weight excluding hydrogens is 270 g/mol. The molecular formula is C4H10Na2O7S2. The van der Waals surface area contributed by atoms with Crippen LogP contribution >= 0.6 is 0 Å². The summed E-state index contributed by atoms with van der Waals surface area (Å²) in [6, 6.07) is 0. The predicted molar refractivity (Wildman–Crippen MR) is 42.0 cm³/mol. The molecule has 7 nitrogen and oxygen atoms in total. The first-order chi connectivity index (χ1) is 5.21. The summed E-state index contributed by atoms with van der Waals surface area (Å²) in [5.41, 5.74) is 0. The Hall–Kier alpha value is 1.78. The van der Waals surface area contributed by atoms with Crippen molar-refractivity contribution in [2.75, 3.05) is 11.5 Å². The van der Waals surface area contributed by atoms with E-state index in [1.54, 1.807) is 0 Å². The van der Waals surface area contributed by atoms with E-state index in [1.807, 2.05) is 0 Å². The molecule has 0 aromatic heterocycles. The maximum Gasteiger partial charge on any atom is 1.00 e. The molecule has 0 bridgehead atoms. The molecule has 0 aromatic carbocycles. The zero-order valence-electron chi connectivity index (χ0n) is 8.59. The van der Waals surface area contributed by atoms with Crippen LogP contribution in [0.25, 0.3) is 0 Å². The van der Waals surface area contributed by atoms with Crippen molar-refractivity contribution in [3.8, 4) is 0 Å². The molecule has 0 heterocycles. The van der Waals surface area contributed by atoms with Gasteiger partial charge in [0, 0.05) is 11.5 Å². The second kappa shape index (κ2) is 10.9. The van der Waals surface area contributed by atoms with Crippen LogP contribution < -0.4 is 59.1 Å². The quantitative estimate of drug-likeness (QED) is 0.277. The van der Waals surface area contributed by atoms with Gasteiger partial charge < -0.3 is 14.6 Å². The smallest absolute Gasteiger partial charge is 0.748 e. The Morgan fingerprint density at radius 1 is 0.733 bits per heavy atom. The van der Waals surface area contributed by atoms with Gasteiger partial charge in [0.2, 0.25) is 0 Å². The number of rotatable bonds is 5. The Balaban J connectivity index is -0.000000202. The molecule has 0 fully saturated rings. The fourth-order valence-corrected chi connectivity index (χ4v) is 1.67. The van der Waals surface area contributed by atoms with Crippen LogP contribution in [0.4, 0.5) is 0 Å². The van der Waals surface area contributed by atoms with E-state index >= 15 is 0 Å². The normalized spacial score (nSPS) is 10.5. The maximum atomic E-state index is 9.97. The van der Waals surface area contributed by atoms with Gasteiger partial charge in [-0.2, -0.15) is 0 Å². The summed E-state index contributed by atoms with van der Waals surface area (Å²) in [6.07, 6.45) is -0.180. The van der Waals surface area contributed by atoms with Gasteiger partial charge in [-0.05, 0) is 12.8 Å². The van der Waals surface area contributed by atoms with Crippen molar-refractivity contribution >= 4 is 20.2 Å². The van der Waals surface area contributed by atoms with Crippen molar-refractivity contribution in [2.45, 2.75) is 12.8 Å². The van der Waals surface area contributed by atoms with Crippen molar-refractivity contribution < 1.29 is 90.5 Å². The van der Waals surface area contributed by atoms with Crippen LogP contribution in [-0.2, 0) is 20.2 Å². The van der Waals surface area contributed by atoms with E-state index in [9.17, 15) is 25.9 Å². The van der Waals surface area contributed by atoms with Gasteiger partial charge in [-0.3, -0.25) is 0 Å². The van der Waals surface area contributed by atoms with Gasteiger partial charge >= 0.3 is 59.1 Å². The van der Waals surface area contributed by atoms with Crippen molar-refractivity contribution in [1.29, 1.82) is 0 Å². The third-order valence-electron chi connectivity index (χ3n) is 1.04. The van der Waals surface area contributed by atoms with Crippen LogP contribution in [0.15, 0.2) is 0 Å². The molecule has 0 saturated carbocycles. The van der Waals surface area contributed by atoms with Crippen LogP contribution in [0.5, 0.6) is 0 Å². The standard InChI is InChI=1S/C4H10O6S2.2Na.H2O/c5-11(6,7)3-1-2-4-12(8,9)10;;;/h1-4H2,(H,5,6,7)(H,8,9,10);;;1H2/q;2*+1;/p-2. The average molecular weight is 280 g/mol. The monoisotopic (exact) mass is 280 g/mol. The molecule has 0 aliphatic heterocycles. The Bertz CT molecular complexity index is 287. The molecule has 0 aliphatic carbocycles. The molecule has 0 spiro atoms. The van der Waals surface area contributed by atoms with Gasteiger partial charge in [-0.1, -0.05) is 0 Å². The summed E-state index contributed by atoms with van der Waals surface area (Å²) >= 11 is 0. The molecule has 0 radical (unpaired) electrons. The Morgan fingerprint density at radius 2 is 0.933 bits per heavy atom. The van der Waals surface area contributed by atoms with E-state index in [0.717, 1.165) is 0 Å².